The average molecular weight is 251 g/mol. The molecule has 3 nitrogen and oxygen atoms in total. The van der Waals surface area contributed by atoms with E-state index in [9.17, 15) is 8.78 Å². The maximum absolute atomic E-state index is 14.1. The molecule has 1 unspecified atom stereocenters. The number of rotatable bonds is 4. The van der Waals surface area contributed by atoms with Gasteiger partial charge in [0.15, 0.2) is 0 Å². The zero-order chi connectivity index (χ0) is 13.1. The van der Waals surface area contributed by atoms with E-state index in [0.29, 0.717) is 17.9 Å². The predicted octanol–water partition coefficient (Wildman–Crippen LogP) is 2.70. The molecule has 0 aliphatic carbocycles. The Bertz CT molecular complexity index is 523. The molecule has 0 spiro atoms. The predicted molar refractivity (Wildman–Crippen MR) is 65.2 cm³/mol. The number of aromatic nitrogens is 2. The summed E-state index contributed by atoms with van der Waals surface area (Å²) >= 11 is 0. The molecule has 2 N–H and O–H groups in total. The van der Waals surface area contributed by atoms with E-state index in [0.717, 1.165) is 0 Å². The van der Waals surface area contributed by atoms with E-state index in [4.69, 9.17) is 0 Å². The van der Waals surface area contributed by atoms with E-state index in [1.54, 1.807) is 19.3 Å². The van der Waals surface area contributed by atoms with Crippen molar-refractivity contribution in [1.82, 2.24) is 15.3 Å². The molecular formula is C13H15F2N3. The SMILES string of the molecule is CCNC(c1ncc[nH]1)c1c(F)ccc(C)c1F. The Morgan fingerprint density at radius 1 is 1.39 bits per heavy atom. The second-order valence-electron chi connectivity index (χ2n) is 4.06. The van der Waals surface area contributed by atoms with Gasteiger partial charge in [-0.1, -0.05) is 13.0 Å². The minimum atomic E-state index is -0.607. The Morgan fingerprint density at radius 2 is 2.17 bits per heavy atom. The van der Waals surface area contributed by atoms with Crippen molar-refractivity contribution in [1.29, 1.82) is 0 Å². The molecule has 0 radical (unpaired) electrons. The largest absolute Gasteiger partial charge is 0.347 e. The molecule has 0 saturated heterocycles. The van der Waals surface area contributed by atoms with E-state index in [2.05, 4.69) is 15.3 Å². The van der Waals surface area contributed by atoms with Crippen LogP contribution in [0, 0.1) is 18.6 Å². The lowest BCUT2D eigenvalue weighted by molar-refractivity contribution is 0.497. The first-order valence-electron chi connectivity index (χ1n) is 5.82. The number of aryl methyl sites for hydroxylation is 1. The quantitative estimate of drug-likeness (QED) is 0.877. The fourth-order valence-electron chi connectivity index (χ4n) is 1.92. The number of aromatic amines is 1. The molecule has 1 aromatic carbocycles. The molecule has 0 aliphatic rings. The second-order valence-corrected chi connectivity index (χ2v) is 4.06. The summed E-state index contributed by atoms with van der Waals surface area (Å²) in [6.45, 7) is 4.07. The number of nitrogens with one attached hydrogen (secondary N) is 2. The standard InChI is InChI=1S/C13H15F2N3/c1-3-16-12(13-17-6-7-18-13)10-9(14)5-4-8(2)11(10)15/h4-7,12,16H,3H2,1-2H3,(H,17,18). The summed E-state index contributed by atoms with van der Waals surface area (Å²) in [5.74, 6) is -0.599. The molecular weight excluding hydrogens is 236 g/mol. The smallest absolute Gasteiger partial charge is 0.134 e. The fourth-order valence-corrected chi connectivity index (χ4v) is 1.92. The summed E-state index contributed by atoms with van der Waals surface area (Å²) in [5.41, 5.74) is 0.424. The van der Waals surface area contributed by atoms with E-state index >= 15 is 0 Å². The molecule has 96 valence electrons. The molecule has 1 atom stereocenters. The topological polar surface area (TPSA) is 40.7 Å². The van der Waals surface area contributed by atoms with Gasteiger partial charge in [0.05, 0.1) is 6.04 Å². The van der Waals surface area contributed by atoms with E-state index in [1.165, 1.54) is 12.1 Å². The Morgan fingerprint density at radius 3 is 2.78 bits per heavy atom. The number of hydrogen-bond donors (Lipinski definition) is 2. The first-order chi connectivity index (χ1) is 8.65. The Kier molecular flexibility index (Phi) is 3.72. The van der Waals surface area contributed by atoms with Crippen molar-refractivity contribution in [3.05, 3.63) is 53.1 Å². The molecule has 0 amide bonds. The first kappa shape index (κ1) is 12.7. The van der Waals surface area contributed by atoms with E-state index in [-0.39, 0.29) is 5.56 Å². The summed E-state index contributed by atoms with van der Waals surface area (Å²) in [4.78, 5) is 6.96. The fraction of sp³-hybridized carbons (Fsp3) is 0.308. The lowest BCUT2D eigenvalue weighted by Gasteiger charge is -2.18. The second kappa shape index (κ2) is 5.27. The highest BCUT2D eigenvalue weighted by atomic mass is 19.1. The highest BCUT2D eigenvalue weighted by molar-refractivity contribution is 5.32. The summed E-state index contributed by atoms with van der Waals surface area (Å²) in [5, 5.41) is 3.04. The number of halogens is 2. The van der Waals surface area contributed by atoms with E-state index < -0.39 is 17.7 Å². The van der Waals surface area contributed by atoms with Crippen molar-refractivity contribution in [2.75, 3.05) is 6.54 Å². The van der Waals surface area contributed by atoms with Gasteiger partial charge in [-0.2, -0.15) is 0 Å². The van der Waals surface area contributed by atoms with Gasteiger partial charge in [0.25, 0.3) is 0 Å². The highest BCUT2D eigenvalue weighted by Gasteiger charge is 2.24. The first-order valence-corrected chi connectivity index (χ1v) is 5.82. The van der Waals surface area contributed by atoms with Gasteiger partial charge >= 0.3 is 0 Å². The third-order valence-corrected chi connectivity index (χ3v) is 2.81. The maximum atomic E-state index is 14.1. The van der Waals surface area contributed by atoms with Crippen molar-refractivity contribution in [2.45, 2.75) is 19.9 Å². The monoisotopic (exact) mass is 251 g/mol. The van der Waals surface area contributed by atoms with E-state index in [1.807, 2.05) is 6.92 Å². The Balaban J connectivity index is 2.52. The van der Waals surface area contributed by atoms with Gasteiger partial charge in [-0.3, -0.25) is 0 Å². The van der Waals surface area contributed by atoms with Gasteiger partial charge < -0.3 is 10.3 Å². The minimum Gasteiger partial charge on any atom is -0.347 e. The van der Waals surface area contributed by atoms with Crippen molar-refractivity contribution in [3.63, 3.8) is 0 Å². The summed E-state index contributed by atoms with van der Waals surface area (Å²) in [6.07, 6.45) is 3.19. The molecule has 0 saturated carbocycles. The third kappa shape index (κ3) is 2.26. The van der Waals surface area contributed by atoms with Crippen LogP contribution in [0.1, 0.15) is 29.9 Å². The van der Waals surface area contributed by atoms with Crippen molar-refractivity contribution >= 4 is 0 Å². The van der Waals surface area contributed by atoms with Crippen LogP contribution in [0.15, 0.2) is 24.5 Å². The molecule has 1 heterocycles. The van der Waals surface area contributed by atoms with Crippen LogP contribution in [0.2, 0.25) is 0 Å². The van der Waals surface area contributed by atoms with Crippen LogP contribution >= 0.6 is 0 Å². The van der Waals surface area contributed by atoms with Crippen molar-refractivity contribution in [3.8, 4) is 0 Å². The normalized spacial score (nSPS) is 12.7. The number of nitrogens with zero attached hydrogens (tertiary/aromatic N) is 1. The number of benzene rings is 1. The number of H-pyrrole nitrogens is 1. The third-order valence-electron chi connectivity index (χ3n) is 2.81. The van der Waals surface area contributed by atoms with Gasteiger partial charge in [0, 0.05) is 18.0 Å². The molecule has 0 aliphatic heterocycles. The van der Waals surface area contributed by atoms with Gasteiger partial charge in [-0.15, -0.1) is 0 Å². The molecule has 2 rings (SSSR count). The zero-order valence-electron chi connectivity index (χ0n) is 10.3. The van der Waals surface area contributed by atoms with Crippen LogP contribution in [0.25, 0.3) is 0 Å². The van der Waals surface area contributed by atoms with Gasteiger partial charge in [0.1, 0.15) is 17.5 Å². The molecule has 0 fully saturated rings. The lowest BCUT2D eigenvalue weighted by atomic mass is 10.0. The number of imidazole rings is 1. The molecule has 2 aromatic rings. The van der Waals surface area contributed by atoms with Crippen LogP contribution in [-0.4, -0.2) is 16.5 Å². The number of hydrogen-bond acceptors (Lipinski definition) is 2. The van der Waals surface area contributed by atoms with Gasteiger partial charge in [-0.05, 0) is 25.1 Å². The zero-order valence-corrected chi connectivity index (χ0v) is 10.3. The Labute approximate surface area is 104 Å². The van der Waals surface area contributed by atoms with Gasteiger partial charge in [-0.25, -0.2) is 13.8 Å². The molecule has 5 heteroatoms. The molecule has 0 bridgehead atoms. The summed E-state index contributed by atoms with van der Waals surface area (Å²) in [6, 6.07) is 2.10. The molecule has 18 heavy (non-hydrogen) atoms. The molecule has 1 aromatic heterocycles. The Hall–Kier alpha value is -1.75. The maximum Gasteiger partial charge on any atom is 0.134 e. The van der Waals surface area contributed by atoms with Crippen LogP contribution in [-0.2, 0) is 0 Å². The highest BCUT2D eigenvalue weighted by Crippen LogP contribution is 2.26. The van der Waals surface area contributed by atoms with Crippen LogP contribution < -0.4 is 5.32 Å². The van der Waals surface area contributed by atoms with Crippen LogP contribution in [0.3, 0.4) is 0 Å². The van der Waals surface area contributed by atoms with Crippen LogP contribution in [0.4, 0.5) is 8.78 Å². The van der Waals surface area contributed by atoms with Gasteiger partial charge in [0.2, 0.25) is 0 Å². The van der Waals surface area contributed by atoms with Crippen molar-refractivity contribution in [2.24, 2.45) is 0 Å². The average Bonchev–Trinajstić information content (AvgIpc) is 2.87. The summed E-state index contributed by atoms with van der Waals surface area (Å²) in [7, 11) is 0. The summed E-state index contributed by atoms with van der Waals surface area (Å²) < 4.78 is 28.0. The lowest BCUT2D eigenvalue weighted by Crippen LogP contribution is -2.25. The van der Waals surface area contributed by atoms with Crippen molar-refractivity contribution < 1.29 is 8.78 Å². The van der Waals surface area contributed by atoms with Crippen LogP contribution in [0.5, 0.6) is 0 Å². The minimum absolute atomic E-state index is 0.00630.